The molecule has 1 rings (SSSR count). The highest BCUT2D eigenvalue weighted by atomic mass is 28.4. The van der Waals surface area contributed by atoms with Crippen LogP contribution in [0.25, 0.3) is 0 Å². The molecule has 0 unspecified atom stereocenters. The first-order valence-corrected chi connectivity index (χ1v) is 9.75. The molecule has 1 fully saturated rings. The van der Waals surface area contributed by atoms with Crippen molar-refractivity contribution in [3.63, 3.8) is 0 Å². The van der Waals surface area contributed by atoms with E-state index in [9.17, 15) is 15.0 Å². The third kappa shape index (κ3) is 4.01. The van der Waals surface area contributed by atoms with Gasteiger partial charge in [-0.1, -0.05) is 20.8 Å². The monoisotopic (exact) mass is 289 g/mol. The molecule has 0 radical (unpaired) electrons. The molecule has 0 aromatic heterocycles. The molecule has 1 aliphatic rings. The molecular weight excluding hydrogens is 262 g/mol. The van der Waals surface area contributed by atoms with Crippen LogP contribution in [-0.4, -0.2) is 49.3 Å². The second kappa shape index (κ2) is 5.91. The number of carbonyl (C=O) groups is 1. The Morgan fingerprint density at radius 1 is 1.47 bits per heavy atom. The van der Waals surface area contributed by atoms with E-state index in [4.69, 9.17) is 4.43 Å². The van der Waals surface area contributed by atoms with Gasteiger partial charge in [-0.05, 0) is 24.6 Å². The summed E-state index contributed by atoms with van der Waals surface area (Å²) in [5.41, 5.74) is 0. The summed E-state index contributed by atoms with van der Waals surface area (Å²) in [4.78, 5) is 11.3. The van der Waals surface area contributed by atoms with Crippen LogP contribution in [0.3, 0.4) is 0 Å². The Bertz CT molecular complexity index is 327. The SMILES string of the molecule is CC(C)(C)[Si](C)(C)O[C@H]([C@H](O)CO)[C@H]1CCC(=O)N1. The molecule has 1 saturated heterocycles. The Balaban J connectivity index is 2.84. The van der Waals surface area contributed by atoms with Gasteiger partial charge < -0.3 is 20.0 Å². The number of aliphatic hydroxyl groups is 2. The maximum atomic E-state index is 11.3. The second-order valence-electron chi connectivity index (χ2n) is 6.81. The van der Waals surface area contributed by atoms with Crippen molar-refractivity contribution < 1.29 is 19.4 Å². The van der Waals surface area contributed by atoms with Crippen LogP contribution < -0.4 is 5.32 Å². The first-order valence-electron chi connectivity index (χ1n) is 6.84. The molecule has 0 aliphatic carbocycles. The van der Waals surface area contributed by atoms with E-state index in [0.29, 0.717) is 12.8 Å². The highest BCUT2D eigenvalue weighted by Gasteiger charge is 2.43. The smallest absolute Gasteiger partial charge is 0.220 e. The van der Waals surface area contributed by atoms with Gasteiger partial charge in [-0.25, -0.2) is 0 Å². The van der Waals surface area contributed by atoms with Crippen molar-refractivity contribution in [1.29, 1.82) is 0 Å². The predicted octanol–water partition coefficient (Wildman–Crippen LogP) is 1.01. The first-order chi connectivity index (χ1) is 8.58. The molecule has 3 atom stereocenters. The Hall–Kier alpha value is -0.433. The zero-order valence-corrected chi connectivity index (χ0v) is 13.6. The molecule has 6 heteroatoms. The summed E-state index contributed by atoms with van der Waals surface area (Å²) >= 11 is 0. The van der Waals surface area contributed by atoms with Gasteiger partial charge in [0.1, 0.15) is 6.10 Å². The number of aliphatic hydroxyl groups excluding tert-OH is 2. The first kappa shape index (κ1) is 16.6. The van der Waals surface area contributed by atoms with Crippen LogP contribution in [0, 0.1) is 0 Å². The van der Waals surface area contributed by atoms with E-state index in [-0.39, 0.29) is 23.6 Å². The normalized spacial score (nSPS) is 24.2. The quantitative estimate of drug-likeness (QED) is 0.660. The lowest BCUT2D eigenvalue weighted by Crippen LogP contribution is -2.54. The lowest BCUT2D eigenvalue weighted by Gasteiger charge is -2.42. The fourth-order valence-corrected chi connectivity index (χ4v) is 3.29. The minimum Gasteiger partial charge on any atom is -0.409 e. The molecule has 0 aromatic carbocycles. The van der Waals surface area contributed by atoms with Crippen molar-refractivity contribution >= 4 is 14.2 Å². The van der Waals surface area contributed by atoms with Crippen molar-refractivity contribution in [1.82, 2.24) is 5.32 Å². The standard InChI is InChI=1S/C13H27NO4Si/c1-13(2,3)19(4,5)18-12(10(16)8-15)9-6-7-11(17)14-9/h9-10,12,15-16H,6-8H2,1-5H3,(H,14,17)/t9-,10-,12+/m1/s1. The van der Waals surface area contributed by atoms with Crippen molar-refractivity contribution in [2.45, 2.75) is 70.0 Å². The number of rotatable bonds is 5. The van der Waals surface area contributed by atoms with E-state index in [1.807, 2.05) is 0 Å². The number of amides is 1. The number of nitrogens with one attached hydrogen (secondary N) is 1. The molecule has 19 heavy (non-hydrogen) atoms. The van der Waals surface area contributed by atoms with Gasteiger partial charge in [0.05, 0.1) is 18.8 Å². The molecule has 1 aliphatic heterocycles. The van der Waals surface area contributed by atoms with Crippen LogP contribution in [0.5, 0.6) is 0 Å². The van der Waals surface area contributed by atoms with E-state index in [1.165, 1.54) is 0 Å². The Labute approximate surface area is 116 Å². The predicted molar refractivity (Wildman–Crippen MR) is 76.3 cm³/mol. The van der Waals surface area contributed by atoms with Crippen LogP contribution >= 0.6 is 0 Å². The van der Waals surface area contributed by atoms with Crippen LogP contribution in [-0.2, 0) is 9.22 Å². The van der Waals surface area contributed by atoms with E-state index in [2.05, 4.69) is 39.2 Å². The van der Waals surface area contributed by atoms with Gasteiger partial charge in [0.2, 0.25) is 5.91 Å². The molecule has 0 bridgehead atoms. The summed E-state index contributed by atoms with van der Waals surface area (Å²) in [6.45, 7) is 10.2. The molecule has 0 saturated carbocycles. The number of hydrogen-bond acceptors (Lipinski definition) is 4. The molecular formula is C13H27NO4Si. The summed E-state index contributed by atoms with van der Waals surface area (Å²) < 4.78 is 6.20. The highest BCUT2D eigenvalue weighted by Crippen LogP contribution is 2.38. The lowest BCUT2D eigenvalue weighted by molar-refractivity contribution is -0.120. The Morgan fingerprint density at radius 3 is 2.42 bits per heavy atom. The second-order valence-corrected chi connectivity index (χ2v) is 11.6. The van der Waals surface area contributed by atoms with E-state index < -0.39 is 20.5 Å². The summed E-state index contributed by atoms with van der Waals surface area (Å²) in [5.74, 6) is -0.0148. The van der Waals surface area contributed by atoms with Crippen LogP contribution in [0.15, 0.2) is 0 Å². The lowest BCUT2D eigenvalue weighted by atomic mass is 10.0. The number of carbonyl (C=O) groups excluding carboxylic acids is 1. The fraction of sp³-hybridized carbons (Fsp3) is 0.923. The topological polar surface area (TPSA) is 78.8 Å². The van der Waals surface area contributed by atoms with Gasteiger partial charge in [0.25, 0.3) is 0 Å². The molecule has 3 N–H and O–H groups in total. The van der Waals surface area contributed by atoms with Crippen molar-refractivity contribution in [3.05, 3.63) is 0 Å². The maximum Gasteiger partial charge on any atom is 0.220 e. The van der Waals surface area contributed by atoms with Gasteiger partial charge in [0, 0.05) is 6.42 Å². The van der Waals surface area contributed by atoms with Gasteiger partial charge in [-0.2, -0.15) is 0 Å². The highest BCUT2D eigenvalue weighted by molar-refractivity contribution is 6.74. The molecule has 1 heterocycles. The number of hydrogen-bond donors (Lipinski definition) is 3. The Kier molecular flexibility index (Phi) is 5.17. The minimum atomic E-state index is -2.06. The van der Waals surface area contributed by atoms with E-state index in [0.717, 1.165) is 0 Å². The zero-order valence-electron chi connectivity index (χ0n) is 12.6. The van der Waals surface area contributed by atoms with Crippen molar-refractivity contribution in [2.75, 3.05) is 6.61 Å². The molecule has 5 nitrogen and oxygen atoms in total. The minimum absolute atomic E-state index is 0.0148. The van der Waals surface area contributed by atoms with E-state index >= 15 is 0 Å². The molecule has 0 spiro atoms. The molecule has 1 amide bonds. The van der Waals surface area contributed by atoms with E-state index in [1.54, 1.807) is 0 Å². The third-order valence-corrected chi connectivity index (χ3v) is 8.70. The van der Waals surface area contributed by atoms with Crippen LogP contribution in [0.1, 0.15) is 33.6 Å². The van der Waals surface area contributed by atoms with Gasteiger partial charge in [0.15, 0.2) is 8.32 Å². The van der Waals surface area contributed by atoms with Crippen molar-refractivity contribution in [2.24, 2.45) is 0 Å². The van der Waals surface area contributed by atoms with Crippen LogP contribution in [0.2, 0.25) is 18.1 Å². The zero-order chi connectivity index (χ0) is 14.8. The fourth-order valence-electron chi connectivity index (χ4n) is 1.93. The third-order valence-electron chi connectivity index (χ3n) is 4.23. The summed E-state index contributed by atoms with van der Waals surface area (Å²) in [5, 5.41) is 22.0. The summed E-state index contributed by atoms with van der Waals surface area (Å²) in [7, 11) is -2.06. The average molecular weight is 289 g/mol. The van der Waals surface area contributed by atoms with Gasteiger partial charge in [-0.15, -0.1) is 0 Å². The molecule has 112 valence electrons. The van der Waals surface area contributed by atoms with Gasteiger partial charge in [-0.3, -0.25) is 4.79 Å². The van der Waals surface area contributed by atoms with Crippen LogP contribution in [0.4, 0.5) is 0 Å². The van der Waals surface area contributed by atoms with Crippen molar-refractivity contribution in [3.8, 4) is 0 Å². The summed E-state index contributed by atoms with van der Waals surface area (Å²) in [6, 6.07) is -0.205. The largest absolute Gasteiger partial charge is 0.409 e. The maximum absolute atomic E-state index is 11.3. The molecule has 0 aromatic rings. The average Bonchev–Trinajstić information content (AvgIpc) is 2.70. The van der Waals surface area contributed by atoms with Gasteiger partial charge >= 0.3 is 0 Å². The summed E-state index contributed by atoms with van der Waals surface area (Å²) in [6.07, 6.45) is -0.384. The Morgan fingerprint density at radius 2 is 2.05 bits per heavy atom.